The molecule has 0 spiro atoms. The van der Waals surface area contributed by atoms with Crippen molar-refractivity contribution >= 4 is 5.57 Å². The normalized spacial score (nSPS) is 10.8. The van der Waals surface area contributed by atoms with Crippen LogP contribution < -0.4 is 14.2 Å². The fourth-order valence-electron chi connectivity index (χ4n) is 2.35. The van der Waals surface area contributed by atoms with Crippen LogP contribution in [0.4, 0.5) is 0 Å². The number of hydrogen-bond acceptors (Lipinski definition) is 4. The first-order valence-electron chi connectivity index (χ1n) is 7.11. The van der Waals surface area contributed by atoms with Crippen LogP contribution in [0.2, 0.25) is 0 Å². The fraction of sp³-hybridized carbons (Fsp3) is 0.211. The third-order valence-corrected chi connectivity index (χ3v) is 3.59. The van der Waals surface area contributed by atoms with Gasteiger partial charge in [0.2, 0.25) is 0 Å². The Kier molecular flexibility index (Phi) is 5.27. The SMILES string of the molecule is COc1cc(OC)cc(/C(=C\C#N)c2ccc(C)c(OC)c2)c1. The predicted molar refractivity (Wildman–Crippen MR) is 90.0 cm³/mol. The molecule has 2 rings (SSSR count). The Balaban J connectivity index is 2.60. The molecule has 0 aromatic heterocycles. The maximum Gasteiger partial charge on any atom is 0.123 e. The van der Waals surface area contributed by atoms with E-state index in [2.05, 4.69) is 6.07 Å². The summed E-state index contributed by atoms with van der Waals surface area (Å²) in [6, 6.07) is 13.5. The smallest absolute Gasteiger partial charge is 0.123 e. The summed E-state index contributed by atoms with van der Waals surface area (Å²) in [5, 5.41) is 9.17. The Bertz CT molecular complexity index is 750. The van der Waals surface area contributed by atoms with E-state index in [0.29, 0.717) is 11.5 Å². The van der Waals surface area contributed by atoms with Crippen molar-refractivity contribution < 1.29 is 14.2 Å². The van der Waals surface area contributed by atoms with Gasteiger partial charge in [-0.2, -0.15) is 5.26 Å². The molecule has 4 heteroatoms. The van der Waals surface area contributed by atoms with Gasteiger partial charge in [0.05, 0.1) is 27.4 Å². The van der Waals surface area contributed by atoms with Crippen LogP contribution in [-0.4, -0.2) is 21.3 Å². The van der Waals surface area contributed by atoms with E-state index in [4.69, 9.17) is 14.2 Å². The molecular formula is C19H19NO3. The van der Waals surface area contributed by atoms with E-state index in [9.17, 15) is 5.26 Å². The first kappa shape index (κ1) is 16.4. The molecule has 0 heterocycles. The number of nitriles is 1. The molecule has 4 nitrogen and oxygen atoms in total. The second-order valence-corrected chi connectivity index (χ2v) is 4.97. The predicted octanol–water partition coefficient (Wildman–Crippen LogP) is 3.98. The summed E-state index contributed by atoms with van der Waals surface area (Å²) in [5.74, 6) is 2.12. The Morgan fingerprint density at radius 1 is 0.913 bits per heavy atom. The van der Waals surface area contributed by atoms with Gasteiger partial charge in [-0.25, -0.2) is 0 Å². The highest BCUT2D eigenvalue weighted by Crippen LogP contribution is 2.32. The number of ether oxygens (including phenoxy) is 3. The number of aryl methyl sites for hydroxylation is 1. The highest BCUT2D eigenvalue weighted by atomic mass is 16.5. The van der Waals surface area contributed by atoms with Gasteiger partial charge in [0.1, 0.15) is 17.2 Å². The molecule has 0 fully saturated rings. The summed E-state index contributed by atoms with van der Waals surface area (Å²) < 4.78 is 16.0. The summed E-state index contributed by atoms with van der Waals surface area (Å²) in [7, 11) is 4.83. The van der Waals surface area contributed by atoms with Crippen LogP contribution in [0, 0.1) is 18.3 Å². The van der Waals surface area contributed by atoms with Crippen molar-refractivity contribution in [2.75, 3.05) is 21.3 Å². The topological polar surface area (TPSA) is 51.5 Å². The molecule has 0 bridgehead atoms. The van der Waals surface area contributed by atoms with Gasteiger partial charge in [0, 0.05) is 12.1 Å². The molecule has 0 unspecified atom stereocenters. The molecule has 2 aromatic rings. The zero-order valence-corrected chi connectivity index (χ0v) is 13.7. The minimum Gasteiger partial charge on any atom is -0.497 e. The lowest BCUT2D eigenvalue weighted by atomic mass is 9.96. The van der Waals surface area contributed by atoms with Gasteiger partial charge >= 0.3 is 0 Å². The van der Waals surface area contributed by atoms with E-state index >= 15 is 0 Å². The minimum atomic E-state index is 0.669. The third-order valence-electron chi connectivity index (χ3n) is 3.59. The van der Waals surface area contributed by atoms with Crippen molar-refractivity contribution in [3.8, 4) is 23.3 Å². The zero-order valence-electron chi connectivity index (χ0n) is 13.7. The maximum atomic E-state index is 9.17. The van der Waals surface area contributed by atoms with Gasteiger partial charge in [0.25, 0.3) is 0 Å². The maximum absolute atomic E-state index is 9.17. The molecule has 0 radical (unpaired) electrons. The number of allylic oxidation sites excluding steroid dienone is 1. The van der Waals surface area contributed by atoms with E-state index in [1.54, 1.807) is 27.4 Å². The van der Waals surface area contributed by atoms with Gasteiger partial charge in [-0.1, -0.05) is 12.1 Å². The van der Waals surface area contributed by atoms with Crippen molar-refractivity contribution in [3.05, 3.63) is 59.2 Å². The van der Waals surface area contributed by atoms with Crippen molar-refractivity contribution in [2.24, 2.45) is 0 Å². The van der Waals surface area contributed by atoms with Gasteiger partial charge in [0.15, 0.2) is 0 Å². The monoisotopic (exact) mass is 309 g/mol. The zero-order chi connectivity index (χ0) is 16.8. The van der Waals surface area contributed by atoms with Crippen molar-refractivity contribution in [1.29, 1.82) is 5.26 Å². The summed E-state index contributed by atoms with van der Waals surface area (Å²) in [6.07, 6.45) is 1.51. The Labute approximate surface area is 136 Å². The van der Waals surface area contributed by atoms with Gasteiger partial charge in [-0.15, -0.1) is 0 Å². The van der Waals surface area contributed by atoms with E-state index in [-0.39, 0.29) is 0 Å². The van der Waals surface area contributed by atoms with E-state index in [0.717, 1.165) is 28.0 Å². The second kappa shape index (κ2) is 7.37. The van der Waals surface area contributed by atoms with Crippen LogP contribution in [0.1, 0.15) is 16.7 Å². The van der Waals surface area contributed by atoms with Gasteiger partial charge in [-0.3, -0.25) is 0 Å². The third kappa shape index (κ3) is 3.64. The van der Waals surface area contributed by atoms with Crippen molar-refractivity contribution in [1.82, 2.24) is 0 Å². The molecule has 0 saturated carbocycles. The summed E-state index contributed by atoms with van der Waals surface area (Å²) in [5.41, 5.74) is 3.55. The molecule has 0 atom stereocenters. The van der Waals surface area contributed by atoms with Gasteiger partial charge in [-0.05, 0) is 47.4 Å². The molecule has 0 aliphatic rings. The average Bonchev–Trinajstić information content (AvgIpc) is 2.59. The molecule has 0 aliphatic heterocycles. The van der Waals surface area contributed by atoms with Crippen LogP contribution in [0.15, 0.2) is 42.5 Å². The average molecular weight is 309 g/mol. The molecule has 0 saturated heterocycles. The van der Waals surface area contributed by atoms with Crippen LogP contribution in [0.5, 0.6) is 17.2 Å². The highest BCUT2D eigenvalue weighted by Gasteiger charge is 2.11. The quantitative estimate of drug-likeness (QED) is 0.784. The molecular weight excluding hydrogens is 290 g/mol. The number of benzene rings is 2. The number of hydrogen-bond donors (Lipinski definition) is 0. The van der Waals surface area contributed by atoms with E-state index < -0.39 is 0 Å². The van der Waals surface area contributed by atoms with E-state index in [1.807, 2.05) is 37.3 Å². The lowest BCUT2D eigenvalue weighted by Gasteiger charge is -2.13. The molecule has 2 aromatic carbocycles. The first-order valence-corrected chi connectivity index (χ1v) is 7.11. The number of methoxy groups -OCH3 is 3. The number of nitrogens with zero attached hydrogens (tertiary/aromatic N) is 1. The van der Waals surface area contributed by atoms with Crippen LogP contribution in [0.25, 0.3) is 5.57 Å². The van der Waals surface area contributed by atoms with Gasteiger partial charge < -0.3 is 14.2 Å². The first-order chi connectivity index (χ1) is 11.1. The minimum absolute atomic E-state index is 0.669. The van der Waals surface area contributed by atoms with Crippen LogP contribution in [0.3, 0.4) is 0 Å². The number of rotatable bonds is 5. The lowest BCUT2D eigenvalue weighted by Crippen LogP contribution is -1.95. The molecule has 0 N–H and O–H groups in total. The van der Waals surface area contributed by atoms with E-state index in [1.165, 1.54) is 6.08 Å². The second-order valence-electron chi connectivity index (χ2n) is 4.97. The molecule has 23 heavy (non-hydrogen) atoms. The van der Waals surface area contributed by atoms with Crippen molar-refractivity contribution in [3.63, 3.8) is 0 Å². The Hall–Kier alpha value is -2.93. The molecule has 0 amide bonds. The van der Waals surface area contributed by atoms with Crippen LogP contribution in [-0.2, 0) is 0 Å². The summed E-state index contributed by atoms with van der Waals surface area (Å²) in [4.78, 5) is 0. The Morgan fingerprint density at radius 3 is 2.09 bits per heavy atom. The molecule has 118 valence electrons. The molecule has 0 aliphatic carbocycles. The summed E-state index contributed by atoms with van der Waals surface area (Å²) in [6.45, 7) is 1.98. The van der Waals surface area contributed by atoms with Crippen LogP contribution >= 0.6 is 0 Å². The highest BCUT2D eigenvalue weighted by molar-refractivity contribution is 5.83. The summed E-state index contributed by atoms with van der Waals surface area (Å²) >= 11 is 0. The Morgan fingerprint density at radius 2 is 1.57 bits per heavy atom. The lowest BCUT2D eigenvalue weighted by molar-refractivity contribution is 0.394. The standard InChI is InChI=1S/C19H19NO3/c1-13-5-6-14(11-19(13)23-4)18(7-8-20)15-9-16(21-2)12-17(10-15)22-3/h5-7,9-12H,1-4H3/b18-7-. The fourth-order valence-corrected chi connectivity index (χ4v) is 2.35. The van der Waals surface area contributed by atoms with Crippen molar-refractivity contribution in [2.45, 2.75) is 6.92 Å². The largest absolute Gasteiger partial charge is 0.497 e.